The third kappa shape index (κ3) is 2.03. The van der Waals surface area contributed by atoms with Gasteiger partial charge < -0.3 is 9.51 Å². The van der Waals surface area contributed by atoms with E-state index in [1.54, 1.807) is 0 Å². The number of nitrogens with one attached hydrogen (secondary N) is 1. The molecule has 4 rings (SSSR count). The fraction of sp³-hybridized carbons (Fsp3) is 0.118. The number of fused-ring (bicyclic) bond motifs is 3. The summed E-state index contributed by atoms with van der Waals surface area (Å²) < 4.78 is 7.42. The molecule has 2 aromatic carbocycles. The Morgan fingerprint density at radius 1 is 1.00 bits per heavy atom. The molecule has 0 unspecified atom stereocenters. The van der Waals surface area contributed by atoms with Gasteiger partial charge in [0.1, 0.15) is 5.76 Å². The van der Waals surface area contributed by atoms with Crippen molar-refractivity contribution >= 4 is 53.7 Å². The van der Waals surface area contributed by atoms with E-state index in [1.807, 2.05) is 19.9 Å². The molecule has 5 heteroatoms. The van der Waals surface area contributed by atoms with Gasteiger partial charge in [0.05, 0.1) is 5.69 Å². The molecule has 1 N–H and O–H groups in total. The number of benzene rings is 2. The minimum Gasteiger partial charge on any atom is -0.361 e. The highest BCUT2D eigenvalue weighted by Gasteiger charge is 2.16. The van der Waals surface area contributed by atoms with Crippen molar-refractivity contribution in [3.8, 4) is 11.1 Å². The second-order valence-electron chi connectivity index (χ2n) is 5.39. The van der Waals surface area contributed by atoms with Crippen LogP contribution in [0.1, 0.15) is 11.5 Å². The molecule has 0 spiro atoms. The van der Waals surface area contributed by atoms with Crippen molar-refractivity contribution in [2.45, 2.75) is 13.8 Å². The van der Waals surface area contributed by atoms with Gasteiger partial charge in [-0.05, 0) is 44.2 Å². The van der Waals surface area contributed by atoms with Crippen LogP contribution in [0, 0.1) is 13.8 Å². The van der Waals surface area contributed by atoms with Gasteiger partial charge in [0.25, 0.3) is 0 Å². The van der Waals surface area contributed by atoms with Crippen LogP contribution in [0.2, 0.25) is 0 Å². The topological polar surface area (TPSA) is 41.8 Å². The van der Waals surface area contributed by atoms with E-state index in [0.29, 0.717) is 0 Å². The van der Waals surface area contributed by atoms with Gasteiger partial charge in [-0.1, -0.05) is 37.0 Å². The first kappa shape index (κ1) is 14.0. The van der Waals surface area contributed by atoms with E-state index in [0.717, 1.165) is 42.6 Å². The van der Waals surface area contributed by atoms with Gasteiger partial charge in [-0.3, -0.25) is 0 Å². The predicted molar refractivity (Wildman–Crippen MR) is 96.2 cm³/mol. The predicted octanol–water partition coefficient (Wildman–Crippen LogP) is 6.12. The van der Waals surface area contributed by atoms with E-state index in [4.69, 9.17) is 4.52 Å². The molecule has 0 aliphatic carbocycles. The van der Waals surface area contributed by atoms with Crippen LogP contribution in [0.15, 0.2) is 43.8 Å². The second kappa shape index (κ2) is 4.96. The molecule has 0 bridgehead atoms. The summed E-state index contributed by atoms with van der Waals surface area (Å²) in [5, 5.41) is 6.45. The third-order valence-corrected chi connectivity index (χ3v) is 5.10. The number of rotatable bonds is 1. The summed E-state index contributed by atoms with van der Waals surface area (Å²) in [5.41, 5.74) is 5.27. The summed E-state index contributed by atoms with van der Waals surface area (Å²) in [5.74, 6) is 0.830. The molecule has 2 heterocycles. The van der Waals surface area contributed by atoms with E-state index in [1.165, 1.54) is 10.8 Å². The Labute approximate surface area is 143 Å². The Bertz CT molecular complexity index is 1010. The van der Waals surface area contributed by atoms with Gasteiger partial charge in [-0.25, -0.2) is 0 Å². The van der Waals surface area contributed by atoms with Crippen LogP contribution < -0.4 is 0 Å². The zero-order valence-corrected chi connectivity index (χ0v) is 15.2. The van der Waals surface area contributed by atoms with E-state index in [-0.39, 0.29) is 0 Å². The Balaban J connectivity index is 2.07. The first-order valence-electron chi connectivity index (χ1n) is 6.88. The average molecular weight is 420 g/mol. The Morgan fingerprint density at radius 2 is 1.77 bits per heavy atom. The van der Waals surface area contributed by atoms with Gasteiger partial charge in [0, 0.05) is 41.9 Å². The number of aromatic amines is 1. The van der Waals surface area contributed by atoms with Crippen molar-refractivity contribution in [1.29, 1.82) is 0 Å². The molecule has 2 aromatic heterocycles. The number of nitrogens with zero attached hydrogens (tertiary/aromatic N) is 1. The van der Waals surface area contributed by atoms with Gasteiger partial charge in [0.2, 0.25) is 0 Å². The fourth-order valence-corrected chi connectivity index (χ4v) is 3.85. The van der Waals surface area contributed by atoms with Crippen LogP contribution in [-0.4, -0.2) is 10.1 Å². The maximum absolute atomic E-state index is 5.30. The highest BCUT2D eigenvalue weighted by atomic mass is 79.9. The molecule has 0 atom stereocenters. The van der Waals surface area contributed by atoms with Gasteiger partial charge in [-0.2, -0.15) is 0 Å². The first-order valence-corrected chi connectivity index (χ1v) is 8.47. The molecule has 3 nitrogen and oxygen atoms in total. The van der Waals surface area contributed by atoms with Crippen LogP contribution in [0.3, 0.4) is 0 Å². The lowest BCUT2D eigenvalue weighted by Gasteiger charge is -2.05. The molecule has 0 aliphatic rings. The molecule has 0 aliphatic heterocycles. The number of halogens is 2. The van der Waals surface area contributed by atoms with Crippen LogP contribution in [0.5, 0.6) is 0 Å². The zero-order chi connectivity index (χ0) is 15.4. The Kier molecular flexibility index (Phi) is 3.16. The molecule has 0 radical (unpaired) electrons. The van der Waals surface area contributed by atoms with Crippen molar-refractivity contribution in [3.63, 3.8) is 0 Å². The van der Waals surface area contributed by atoms with Crippen LogP contribution in [0.4, 0.5) is 0 Å². The number of aromatic nitrogens is 2. The van der Waals surface area contributed by atoms with Gasteiger partial charge in [0.15, 0.2) is 0 Å². The van der Waals surface area contributed by atoms with Gasteiger partial charge in [-0.15, -0.1) is 0 Å². The number of hydrogen-bond donors (Lipinski definition) is 1. The Hall–Kier alpha value is -1.59. The monoisotopic (exact) mass is 418 g/mol. The number of H-pyrrole nitrogens is 1. The van der Waals surface area contributed by atoms with Crippen molar-refractivity contribution in [3.05, 3.63) is 50.7 Å². The van der Waals surface area contributed by atoms with E-state index in [9.17, 15) is 0 Å². The fourth-order valence-electron chi connectivity index (χ4n) is 2.95. The lowest BCUT2D eigenvalue weighted by Crippen LogP contribution is -1.84. The zero-order valence-electron chi connectivity index (χ0n) is 12.0. The summed E-state index contributed by atoms with van der Waals surface area (Å²) in [7, 11) is 0. The highest BCUT2D eigenvalue weighted by Crippen LogP contribution is 2.38. The Morgan fingerprint density at radius 3 is 2.50 bits per heavy atom. The summed E-state index contributed by atoms with van der Waals surface area (Å²) in [6.45, 7) is 3.90. The molecule has 4 aromatic rings. The van der Waals surface area contributed by atoms with Crippen LogP contribution >= 0.6 is 31.9 Å². The molecular weight excluding hydrogens is 408 g/mol. The summed E-state index contributed by atoms with van der Waals surface area (Å²) in [6, 6.07) is 10.6. The maximum atomic E-state index is 5.30. The largest absolute Gasteiger partial charge is 0.361 e. The first-order chi connectivity index (χ1) is 10.5. The number of hydrogen-bond acceptors (Lipinski definition) is 2. The summed E-state index contributed by atoms with van der Waals surface area (Å²) in [4.78, 5) is 3.48. The summed E-state index contributed by atoms with van der Waals surface area (Å²) in [6.07, 6.45) is 0. The molecule has 0 fully saturated rings. The smallest absolute Gasteiger partial charge is 0.141 e. The van der Waals surface area contributed by atoms with Crippen molar-refractivity contribution < 1.29 is 4.52 Å². The standard InChI is InChI=1S/C17H12Br2N2O/c1-8-17(9(2)22-21-8)13-7-16-12(6-14(13)19)11-5-10(18)3-4-15(11)20-16/h3-7,20H,1-2H3. The van der Waals surface area contributed by atoms with E-state index >= 15 is 0 Å². The van der Waals surface area contributed by atoms with Gasteiger partial charge >= 0.3 is 0 Å². The third-order valence-electron chi connectivity index (χ3n) is 3.95. The minimum atomic E-state index is 0.830. The maximum Gasteiger partial charge on any atom is 0.141 e. The van der Waals surface area contributed by atoms with E-state index in [2.05, 4.69) is 66.3 Å². The highest BCUT2D eigenvalue weighted by molar-refractivity contribution is 9.10. The van der Waals surface area contributed by atoms with Crippen molar-refractivity contribution in [2.75, 3.05) is 0 Å². The minimum absolute atomic E-state index is 0.830. The average Bonchev–Trinajstić information content (AvgIpc) is 2.99. The SMILES string of the molecule is Cc1noc(C)c1-c1cc2[nH]c3ccc(Br)cc3c2cc1Br. The summed E-state index contributed by atoms with van der Waals surface area (Å²) >= 11 is 7.24. The van der Waals surface area contributed by atoms with Crippen LogP contribution in [0.25, 0.3) is 32.9 Å². The molecule has 0 saturated heterocycles. The van der Waals surface area contributed by atoms with Crippen molar-refractivity contribution in [2.24, 2.45) is 0 Å². The quantitative estimate of drug-likeness (QED) is 0.403. The molecular formula is C17H12Br2N2O. The molecule has 0 saturated carbocycles. The normalized spacial score (nSPS) is 11.6. The van der Waals surface area contributed by atoms with Crippen molar-refractivity contribution in [1.82, 2.24) is 10.1 Å². The lowest BCUT2D eigenvalue weighted by molar-refractivity contribution is 0.393. The van der Waals surface area contributed by atoms with E-state index < -0.39 is 0 Å². The second-order valence-corrected chi connectivity index (χ2v) is 7.16. The number of aryl methyl sites for hydroxylation is 2. The van der Waals surface area contributed by atoms with Crippen LogP contribution in [-0.2, 0) is 0 Å². The molecule has 110 valence electrons. The molecule has 0 amide bonds. The molecule has 22 heavy (non-hydrogen) atoms. The lowest BCUT2D eigenvalue weighted by atomic mass is 10.0.